The quantitative estimate of drug-likeness (QED) is 0.470. The Hall–Kier alpha value is -2.85. The molecule has 2 heterocycles. The number of carbonyl (C=O) groups is 2. The number of hydrogen-bond acceptors (Lipinski definition) is 5. The number of amides is 1. The number of aliphatic carboxylic acids is 1. The number of ether oxygens (including phenoxy) is 1. The number of aromatic hydroxyl groups is 1. The van der Waals surface area contributed by atoms with Gasteiger partial charge in [-0.3, -0.25) is 19.0 Å². The summed E-state index contributed by atoms with van der Waals surface area (Å²) in [5.41, 5.74) is -0.0549. The number of carboxylic acids is 1. The molecule has 154 valence electrons. The van der Waals surface area contributed by atoms with E-state index in [9.17, 15) is 19.5 Å². The van der Waals surface area contributed by atoms with Gasteiger partial charge in [0.15, 0.2) is 5.75 Å². The molecule has 1 amide bonds. The Kier molecular flexibility index (Phi) is 5.29. The minimum atomic E-state index is -1.26. The predicted octanol–water partition coefficient (Wildman–Crippen LogP) is 3.18. The maximum absolute atomic E-state index is 13.2. The van der Waals surface area contributed by atoms with Crippen molar-refractivity contribution in [2.75, 3.05) is 6.54 Å². The molecule has 1 atom stereocenters. The Balaban J connectivity index is 1.90. The third-order valence-electron chi connectivity index (χ3n) is 4.78. The summed E-state index contributed by atoms with van der Waals surface area (Å²) in [5.74, 6) is -2.37. The second-order valence-electron chi connectivity index (χ2n) is 6.65. The molecule has 0 saturated carbocycles. The first-order chi connectivity index (χ1) is 14.3. The summed E-state index contributed by atoms with van der Waals surface area (Å²) in [6, 6.07) is 10.6. The summed E-state index contributed by atoms with van der Waals surface area (Å²) < 4.78 is 9.00. The van der Waals surface area contributed by atoms with Gasteiger partial charge in [-0.25, -0.2) is 0 Å². The van der Waals surface area contributed by atoms with Crippen molar-refractivity contribution in [2.45, 2.75) is 12.6 Å². The molecule has 0 fully saturated rings. The standard InChI is InChI=1S/C20H14Br2N2O6/c21-10-3-1-9(2-4-10)13-8-24-16-11(5-6-12(22)18(16)30-13)17(27)15(20(24)29)19(28)23-7-14(25)26/h1-6,13,27H,7-8H2,(H,23,28)(H,25,26). The van der Waals surface area contributed by atoms with Crippen LogP contribution in [0, 0.1) is 0 Å². The molecule has 0 spiro atoms. The summed E-state index contributed by atoms with van der Waals surface area (Å²) in [6.07, 6.45) is -0.510. The van der Waals surface area contributed by atoms with E-state index in [2.05, 4.69) is 37.2 Å². The Morgan fingerprint density at radius 2 is 1.87 bits per heavy atom. The summed E-state index contributed by atoms with van der Waals surface area (Å²) in [7, 11) is 0. The minimum absolute atomic E-state index is 0.111. The van der Waals surface area contributed by atoms with Crippen molar-refractivity contribution in [3.05, 3.63) is 66.8 Å². The molecule has 10 heteroatoms. The summed E-state index contributed by atoms with van der Waals surface area (Å²) >= 11 is 6.80. The molecule has 8 nitrogen and oxygen atoms in total. The fourth-order valence-electron chi connectivity index (χ4n) is 3.41. The number of nitrogens with zero attached hydrogens (tertiary/aromatic N) is 1. The van der Waals surface area contributed by atoms with Crippen molar-refractivity contribution in [1.29, 1.82) is 0 Å². The normalized spacial score (nSPS) is 14.9. The number of hydrogen-bond donors (Lipinski definition) is 3. The molecule has 1 aromatic heterocycles. The zero-order valence-corrected chi connectivity index (χ0v) is 18.4. The SMILES string of the molecule is O=C(O)CNC(=O)c1c(O)c2ccc(Br)c3c2n(c1=O)CC(c1ccc(Br)cc1)O3. The van der Waals surface area contributed by atoms with E-state index < -0.39 is 41.4 Å². The lowest BCUT2D eigenvalue weighted by Crippen LogP contribution is -2.38. The highest BCUT2D eigenvalue weighted by Gasteiger charge is 2.31. The van der Waals surface area contributed by atoms with Gasteiger partial charge in [0.25, 0.3) is 11.5 Å². The number of pyridine rings is 1. The highest BCUT2D eigenvalue weighted by atomic mass is 79.9. The van der Waals surface area contributed by atoms with Crippen molar-refractivity contribution in [3.63, 3.8) is 0 Å². The van der Waals surface area contributed by atoms with E-state index in [4.69, 9.17) is 9.84 Å². The largest absolute Gasteiger partial charge is 0.506 e. The fourth-order valence-corrected chi connectivity index (χ4v) is 4.09. The molecule has 0 radical (unpaired) electrons. The van der Waals surface area contributed by atoms with Gasteiger partial charge in [0, 0.05) is 9.86 Å². The van der Waals surface area contributed by atoms with Gasteiger partial charge in [-0.1, -0.05) is 28.1 Å². The van der Waals surface area contributed by atoms with Crippen LogP contribution in [-0.2, 0) is 11.3 Å². The Morgan fingerprint density at radius 1 is 1.17 bits per heavy atom. The third kappa shape index (κ3) is 3.46. The fraction of sp³-hybridized carbons (Fsp3) is 0.150. The van der Waals surface area contributed by atoms with Crippen LogP contribution >= 0.6 is 31.9 Å². The number of rotatable bonds is 4. The molecule has 3 N–H and O–H groups in total. The number of benzene rings is 2. The van der Waals surface area contributed by atoms with Crippen LogP contribution in [-0.4, -0.2) is 33.2 Å². The monoisotopic (exact) mass is 536 g/mol. The first-order valence-corrected chi connectivity index (χ1v) is 10.4. The molecule has 30 heavy (non-hydrogen) atoms. The number of nitrogens with one attached hydrogen (secondary N) is 1. The van der Waals surface area contributed by atoms with Crippen LogP contribution in [0.15, 0.2) is 50.1 Å². The van der Waals surface area contributed by atoms with E-state index in [0.29, 0.717) is 15.7 Å². The first-order valence-electron chi connectivity index (χ1n) is 8.78. The highest BCUT2D eigenvalue weighted by molar-refractivity contribution is 9.10. The van der Waals surface area contributed by atoms with Gasteiger partial charge in [-0.05, 0) is 45.8 Å². The van der Waals surface area contributed by atoms with E-state index in [-0.39, 0.29) is 11.9 Å². The summed E-state index contributed by atoms with van der Waals surface area (Å²) in [6.45, 7) is -0.564. The number of aromatic nitrogens is 1. The van der Waals surface area contributed by atoms with Gasteiger partial charge in [0.05, 0.1) is 16.5 Å². The molecule has 4 rings (SSSR count). The van der Waals surface area contributed by atoms with Crippen molar-refractivity contribution in [1.82, 2.24) is 9.88 Å². The lowest BCUT2D eigenvalue weighted by Gasteiger charge is -2.29. The van der Waals surface area contributed by atoms with Crippen LogP contribution in [0.5, 0.6) is 11.5 Å². The maximum atomic E-state index is 13.2. The van der Waals surface area contributed by atoms with Gasteiger partial charge < -0.3 is 20.3 Å². The molecule has 1 aliphatic heterocycles. The van der Waals surface area contributed by atoms with E-state index in [1.807, 2.05) is 24.3 Å². The van der Waals surface area contributed by atoms with Crippen LogP contribution in [0.1, 0.15) is 22.0 Å². The van der Waals surface area contributed by atoms with E-state index >= 15 is 0 Å². The molecule has 1 unspecified atom stereocenters. The van der Waals surface area contributed by atoms with Gasteiger partial charge in [0.2, 0.25) is 0 Å². The van der Waals surface area contributed by atoms with E-state index in [1.54, 1.807) is 12.1 Å². The van der Waals surface area contributed by atoms with Crippen LogP contribution in [0.25, 0.3) is 10.9 Å². The minimum Gasteiger partial charge on any atom is -0.506 e. The van der Waals surface area contributed by atoms with Gasteiger partial charge >= 0.3 is 5.97 Å². The van der Waals surface area contributed by atoms with Crippen molar-refractivity contribution in [3.8, 4) is 11.5 Å². The molecule has 0 bridgehead atoms. The van der Waals surface area contributed by atoms with Crippen molar-refractivity contribution < 1.29 is 24.5 Å². The first kappa shape index (κ1) is 20.4. The smallest absolute Gasteiger partial charge is 0.322 e. The molecule has 2 aromatic carbocycles. The molecular weight excluding hydrogens is 524 g/mol. The van der Waals surface area contributed by atoms with Crippen LogP contribution in [0.3, 0.4) is 0 Å². The topological polar surface area (TPSA) is 118 Å². The van der Waals surface area contributed by atoms with E-state index in [1.165, 1.54) is 4.57 Å². The zero-order chi connectivity index (χ0) is 21.6. The van der Waals surface area contributed by atoms with Gasteiger partial charge in [0.1, 0.15) is 24.0 Å². The van der Waals surface area contributed by atoms with Gasteiger partial charge in [-0.2, -0.15) is 0 Å². The average molecular weight is 538 g/mol. The van der Waals surface area contributed by atoms with Crippen molar-refractivity contribution in [2.24, 2.45) is 0 Å². The lowest BCUT2D eigenvalue weighted by atomic mass is 10.0. The highest BCUT2D eigenvalue weighted by Crippen LogP contribution is 2.43. The maximum Gasteiger partial charge on any atom is 0.322 e. The lowest BCUT2D eigenvalue weighted by molar-refractivity contribution is -0.135. The van der Waals surface area contributed by atoms with Crippen LogP contribution in [0.4, 0.5) is 0 Å². The molecule has 0 saturated heterocycles. The Labute approximate surface area is 186 Å². The summed E-state index contributed by atoms with van der Waals surface area (Å²) in [4.78, 5) is 36.4. The van der Waals surface area contributed by atoms with Crippen LogP contribution < -0.4 is 15.6 Å². The second kappa shape index (κ2) is 7.77. The Morgan fingerprint density at radius 3 is 2.53 bits per heavy atom. The predicted molar refractivity (Wildman–Crippen MR) is 115 cm³/mol. The number of halogens is 2. The average Bonchev–Trinajstić information content (AvgIpc) is 2.72. The van der Waals surface area contributed by atoms with E-state index in [0.717, 1.165) is 10.0 Å². The van der Waals surface area contributed by atoms with Gasteiger partial charge in [-0.15, -0.1) is 0 Å². The second-order valence-corrected chi connectivity index (χ2v) is 8.42. The molecule has 0 aliphatic carbocycles. The molecule has 1 aliphatic rings. The summed E-state index contributed by atoms with van der Waals surface area (Å²) in [5, 5.41) is 21.8. The zero-order valence-electron chi connectivity index (χ0n) is 15.2. The third-order valence-corrected chi connectivity index (χ3v) is 5.93. The molecule has 3 aromatic rings. The number of carbonyl (C=O) groups excluding carboxylic acids is 1. The number of carboxylic acid groups (broad SMARTS) is 1. The van der Waals surface area contributed by atoms with Crippen molar-refractivity contribution >= 4 is 54.6 Å². The Bertz CT molecular complexity index is 1250. The molecular formula is C20H14Br2N2O6. The van der Waals surface area contributed by atoms with Crippen LogP contribution in [0.2, 0.25) is 0 Å².